The van der Waals surface area contributed by atoms with Gasteiger partial charge in [-0.3, -0.25) is 0 Å². The van der Waals surface area contributed by atoms with Crippen molar-refractivity contribution in [1.29, 1.82) is 0 Å². The third-order valence-corrected chi connectivity index (χ3v) is 1.60. The maximum atomic E-state index is 5.75. The fourth-order valence-corrected chi connectivity index (χ4v) is 0.687. The van der Waals surface area contributed by atoms with Crippen molar-refractivity contribution in [2.45, 2.75) is 32.7 Å². The molecule has 0 fully saturated rings. The van der Waals surface area contributed by atoms with Crippen LogP contribution in [0.2, 0.25) is 0 Å². The zero-order chi connectivity index (χ0) is 7.28. The Labute approximate surface area is 57.6 Å². The van der Waals surface area contributed by atoms with Crippen LogP contribution < -0.4 is 11.5 Å². The molecule has 56 valence electrons. The Morgan fingerprint density at radius 2 is 1.89 bits per heavy atom. The molecular formula is C7H18N2. The molecule has 0 bridgehead atoms. The van der Waals surface area contributed by atoms with E-state index >= 15 is 0 Å². The highest BCUT2D eigenvalue weighted by Crippen LogP contribution is 2.03. The van der Waals surface area contributed by atoms with Gasteiger partial charge in [0.2, 0.25) is 0 Å². The maximum Gasteiger partial charge on any atom is 0.00623 e. The van der Waals surface area contributed by atoms with Crippen molar-refractivity contribution in [3.8, 4) is 0 Å². The highest BCUT2D eigenvalue weighted by atomic mass is 14.6. The average Bonchev–Trinajstić information content (AvgIpc) is 1.82. The molecule has 0 heterocycles. The summed E-state index contributed by atoms with van der Waals surface area (Å²) in [5, 5.41) is 0. The molecule has 2 nitrogen and oxygen atoms in total. The molecule has 4 N–H and O–H groups in total. The first-order valence-corrected chi connectivity index (χ1v) is 3.64. The number of nitrogens with two attached hydrogens (primary N) is 2. The molecule has 0 aliphatic rings. The van der Waals surface area contributed by atoms with Crippen LogP contribution in [0.3, 0.4) is 0 Å². The average molecular weight is 130 g/mol. The Balaban J connectivity index is 3.16. The molecule has 9 heavy (non-hydrogen) atoms. The fraction of sp³-hybridized carbons (Fsp3) is 1.00. The van der Waals surface area contributed by atoms with E-state index in [1.54, 1.807) is 0 Å². The first-order valence-electron chi connectivity index (χ1n) is 3.64. The summed E-state index contributed by atoms with van der Waals surface area (Å²) in [7, 11) is 0. The van der Waals surface area contributed by atoms with E-state index in [1.807, 2.05) is 0 Å². The van der Waals surface area contributed by atoms with Crippen LogP contribution in [0.5, 0.6) is 0 Å². The topological polar surface area (TPSA) is 52.0 Å². The van der Waals surface area contributed by atoms with Gasteiger partial charge in [-0.25, -0.2) is 0 Å². The first-order chi connectivity index (χ1) is 4.18. The Morgan fingerprint density at radius 1 is 1.33 bits per heavy atom. The lowest BCUT2D eigenvalue weighted by Crippen LogP contribution is -2.26. The van der Waals surface area contributed by atoms with Gasteiger partial charge in [-0.15, -0.1) is 0 Å². The van der Waals surface area contributed by atoms with Crippen molar-refractivity contribution in [2.75, 3.05) is 6.54 Å². The molecule has 0 spiro atoms. The highest BCUT2D eigenvalue weighted by molar-refractivity contribution is 4.64. The van der Waals surface area contributed by atoms with E-state index in [-0.39, 0.29) is 0 Å². The third-order valence-electron chi connectivity index (χ3n) is 1.60. The summed E-state index contributed by atoms with van der Waals surface area (Å²) in [6.45, 7) is 5.04. The summed E-state index contributed by atoms with van der Waals surface area (Å²) < 4.78 is 0. The molecule has 0 amide bonds. The second-order valence-electron chi connectivity index (χ2n) is 2.84. The highest BCUT2D eigenvalue weighted by Gasteiger charge is 2.04. The molecule has 0 saturated carbocycles. The van der Waals surface area contributed by atoms with Gasteiger partial charge in [0, 0.05) is 6.04 Å². The quantitative estimate of drug-likeness (QED) is 0.589. The van der Waals surface area contributed by atoms with Gasteiger partial charge >= 0.3 is 0 Å². The molecule has 0 radical (unpaired) electrons. The minimum Gasteiger partial charge on any atom is -0.330 e. The van der Waals surface area contributed by atoms with Crippen LogP contribution in [0.4, 0.5) is 0 Å². The van der Waals surface area contributed by atoms with E-state index in [2.05, 4.69) is 13.8 Å². The largest absolute Gasteiger partial charge is 0.330 e. The van der Waals surface area contributed by atoms with Gasteiger partial charge in [0.1, 0.15) is 0 Å². The number of hydrogen-bond donors (Lipinski definition) is 2. The van der Waals surface area contributed by atoms with Crippen LogP contribution in [-0.2, 0) is 0 Å². The van der Waals surface area contributed by atoms with Crippen LogP contribution in [-0.4, -0.2) is 12.6 Å². The van der Waals surface area contributed by atoms with E-state index in [9.17, 15) is 0 Å². The van der Waals surface area contributed by atoms with Gasteiger partial charge in [0.25, 0.3) is 0 Å². The van der Waals surface area contributed by atoms with Crippen molar-refractivity contribution < 1.29 is 0 Å². The van der Waals surface area contributed by atoms with Crippen molar-refractivity contribution in [3.63, 3.8) is 0 Å². The molecule has 0 aromatic carbocycles. The molecule has 0 aromatic rings. The van der Waals surface area contributed by atoms with E-state index in [0.29, 0.717) is 12.0 Å². The lowest BCUT2D eigenvalue weighted by Gasteiger charge is -2.13. The van der Waals surface area contributed by atoms with Crippen molar-refractivity contribution in [3.05, 3.63) is 0 Å². The van der Waals surface area contributed by atoms with Crippen molar-refractivity contribution in [1.82, 2.24) is 0 Å². The van der Waals surface area contributed by atoms with Crippen molar-refractivity contribution in [2.24, 2.45) is 17.4 Å². The molecule has 2 heteroatoms. The lowest BCUT2D eigenvalue weighted by atomic mass is 10.0. The normalized spacial score (nSPS) is 14.3. The predicted octanol–water partition coefficient (Wildman–Crippen LogP) is 0.709. The molecule has 0 aliphatic carbocycles. The summed E-state index contributed by atoms with van der Waals surface area (Å²) in [5.74, 6) is 0.594. The predicted molar refractivity (Wildman–Crippen MR) is 41.1 cm³/mol. The summed E-state index contributed by atoms with van der Waals surface area (Å²) in [5.41, 5.74) is 11.1. The van der Waals surface area contributed by atoms with Crippen LogP contribution in [0.15, 0.2) is 0 Å². The van der Waals surface area contributed by atoms with E-state index in [1.165, 1.54) is 0 Å². The Bertz CT molecular complexity index is 61.9. The Morgan fingerprint density at radius 3 is 2.22 bits per heavy atom. The van der Waals surface area contributed by atoms with E-state index in [4.69, 9.17) is 11.5 Å². The summed E-state index contributed by atoms with van der Waals surface area (Å²) in [6.07, 6.45) is 2.12. The van der Waals surface area contributed by atoms with E-state index in [0.717, 1.165) is 19.4 Å². The second kappa shape index (κ2) is 4.77. The molecule has 0 unspecified atom stereocenters. The SMILES string of the molecule is CC(C)[C@@H](N)CCCN. The minimum absolute atomic E-state index is 0.341. The molecule has 0 aromatic heterocycles. The maximum absolute atomic E-state index is 5.75. The molecular weight excluding hydrogens is 112 g/mol. The van der Waals surface area contributed by atoms with E-state index < -0.39 is 0 Å². The Hall–Kier alpha value is -0.0800. The number of hydrogen-bond acceptors (Lipinski definition) is 2. The standard InChI is InChI=1S/C7H18N2/c1-6(2)7(9)4-3-5-8/h6-7H,3-5,8-9H2,1-2H3/t7-/m0/s1. The first kappa shape index (κ1) is 8.92. The third kappa shape index (κ3) is 4.43. The van der Waals surface area contributed by atoms with Gasteiger partial charge in [0.05, 0.1) is 0 Å². The summed E-state index contributed by atoms with van der Waals surface area (Å²) in [6, 6.07) is 0.341. The van der Waals surface area contributed by atoms with Gasteiger partial charge in [0.15, 0.2) is 0 Å². The van der Waals surface area contributed by atoms with Gasteiger partial charge < -0.3 is 11.5 Å². The van der Waals surface area contributed by atoms with Crippen LogP contribution in [0.25, 0.3) is 0 Å². The second-order valence-corrected chi connectivity index (χ2v) is 2.84. The molecule has 0 rings (SSSR count). The van der Waals surface area contributed by atoms with Crippen LogP contribution in [0, 0.1) is 5.92 Å². The minimum atomic E-state index is 0.341. The fourth-order valence-electron chi connectivity index (χ4n) is 0.687. The zero-order valence-corrected chi connectivity index (χ0v) is 6.43. The smallest absolute Gasteiger partial charge is 0.00623 e. The van der Waals surface area contributed by atoms with Gasteiger partial charge in [-0.05, 0) is 25.3 Å². The van der Waals surface area contributed by atoms with Crippen LogP contribution >= 0.6 is 0 Å². The van der Waals surface area contributed by atoms with Gasteiger partial charge in [-0.2, -0.15) is 0 Å². The molecule has 0 saturated heterocycles. The van der Waals surface area contributed by atoms with Gasteiger partial charge in [-0.1, -0.05) is 13.8 Å². The Kier molecular flexibility index (Phi) is 4.72. The monoisotopic (exact) mass is 130 g/mol. The number of rotatable bonds is 4. The lowest BCUT2D eigenvalue weighted by molar-refractivity contribution is 0.454. The van der Waals surface area contributed by atoms with Crippen molar-refractivity contribution >= 4 is 0 Å². The van der Waals surface area contributed by atoms with Crippen LogP contribution in [0.1, 0.15) is 26.7 Å². The zero-order valence-electron chi connectivity index (χ0n) is 6.43. The molecule has 1 atom stereocenters. The molecule has 0 aliphatic heterocycles. The summed E-state index contributed by atoms with van der Waals surface area (Å²) >= 11 is 0. The summed E-state index contributed by atoms with van der Waals surface area (Å²) in [4.78, 5) is 0.